The second-order valence-corrected chi connectivity index (χ2v) is 6.89. The zero-order valence-electron chi connectivity index (χ0n) is 14.5. The van der Waals surface area contributed by atoms with Gasteiger partial charge in [-0.1, -0.05) is 20.8 Å². The number of nitrogens with one attached hydrogen (secondary N) is 3. The monoisotopic (exact) mass is 332 g/mol. The second kappa shape index (κ2) is 7.33. The summed E-state index contributed by atoms with van der Waals surface area (Å²) in [5.41, 5.74) is 2.14. The van der Waals surface area contributed by atoms with Crippen LogP contribution in [0.4, 0.5) is 10.5 Å². The van der Waals surface area contributed by atoms with Crippen LogP contribution in [0.3, 0.4) is 0 Å². The molecule has 1 aromatic carbocycles. The van der Waals surface area contributed by atoms with Gasteiger partial charge in [-0.2, -0.15) is 0 Å². The fourth-order valence-electron chi connectivity index (χ4n) is 2.17. The number of hydrogen-bond donors (Lipinski definition) is 3. The highest BCUT2D eigenvalue weighted by Gasteiger charge is 2.16. The number of carbonyl (C=O) groups is 2. The van der Waals surface area contributed by atoms with Crippen LogP contribution in [0.5, 0.6) is 0 Å². The Hall–Kier alpha value is -2.57. The first-order valence-corrected chi connectivity index (χ1v) is 7.92. The number of nitrogens with zero attached hydrogens (tertiary/aromatic N) is 1. The number of amides is 3. The molecule has 3 N–H and O–H groups in total. The molecule has 0 saturated carbocycles. The number of rotatable bonds is 5. The molecule has 3 amide bonds. The average Bonchev–Trinajstić information content (AvgIpc) is 2.82. The van der Waals surface area contributed by atoms with Gasteiger partial charge in [-0.3, -0.25) is 4.79 Å². The molecular weight excluding hydrogens is 308 g/mol. The van der Waals surface area contributed by atoms with E-state index in [1.165, 1.54) is 6.92 Å². The molecule has 7 nitrogen and oxygen atoms in total. The van der Waals surface area contributed by atoms with Gasteiger partial charge in [-0.25, -0.2) is 9.78 Å². The second-order valence-electron chi connectivity index (χ2n) is 6.89. The fourth-order valence-corrected chi connectivity index (χ4v) is 2.17. The van der Waals surface area contributed by atoms with Crippen molar-refractivity contribution in [2.24, 2.45) is 5.41 Å². The van der Waals surface area contributed by atoms with Crippen LogP contribution >= 0.6 is 0 Å². The Kier molecular flexibility index (Phi) is 5.43. The SMILES string of the molecule is CC(=O)NCCNC(=O)Nc1ccc2oc(CC(C)(C)C)nc2c1. The molecule has 2 aromatic rings. The predicted octanol–water partition coefficient (Wildman–Crippen LogP) is 2.67. The minimum atomic E-state index is -0.335. The summed E-state index contributed by atoms with van der Waals surface area (Å²) in [6.45, 7) is 8.55. The van der Waals surface area contributed by atoms with Gasteiger partial charge in [0.1, 0.15) is 5.52 Å². The Bertz CT molecular complexity index is 731. The highest BCUT2D eigenvalue weighted by molar-refractivity contribution is 5.91. The molecule has 0 unspecified atom stereocenters. The third kappa shape index (κ3) is 5.57. The molecule has 0 radical (unpaired) electrons. The molecule has 1 heterocycles. The average molecular weight is 332 g/mol. The first-order chi connectivity index (χ1) is 11.2. The number of hydrogen-bond acceptors (Lipinski definition) is 4. The van der Waals surface area contributed by atoms with Gasteiger partial charge in [-0.15, -0.1) is 0 Å². The van der Waals surface area contributed by atoms with E-state index < -0.39 is 0 Å². The number of benzene rings is 1. The molecule has 1 aromatic heterocycles. The molecule has 130 valence electrons. The van der Waals surface area contributed by atoms with Crippen molar-refractivity contribution in [3.8, 4) is 0 Å². The smallest absolute Gasteiger partial charge is 0.319 e. The lowest BCUT2D eigenvalue weighted by atomic mass is 9.92. The third-order valence-corrected chi connectivity index (χ3v) is 3.16. The van der Waals surface area contributed by atoms with Gasteiger partial charge >= 0.3 is 6.03 Å². The van der Waals surface area contributed by atoms with E-state index >= 15 is 0 Å². The topological polar surface area (TPSA) is 96.3 Å². The van der Waals surface area contributed by atoms with Crippen molar-refractivity contribution < 1.29 is 14.0 Å². The lowest BCUT2D eigenvalue weighted by molar-refractivity contribution is -0.118. The van der Waals surface area contributed by atoms with Gasteiger partial charge in [0.2, 0.25) is 5.91 Å². The van der Waals surface area contributed by atoms with E-state index in [1.807, 2.05) is 0 Å². The number of carbonyl (C=O) groups excluding carboxylic acids is 2. The number of urea groups is 1. The third-order valence-electron chi connectivity index (χ3n) is 3.16. The van der Waals surface area contributed by atoms with Crippen LogP contribution in [-0.2, 0) is 11.2 Å². The van der Waals surface area contributed by atoms with Crippen molar-refractivity contribution in [2.45, 2.75) is 34.1 Å². The van der Waals surface area contributed by atoms with E-state index in [0.29, 0.717) is 35.8 Å². The minimum absolute atomic E-state index is 0.0930. The quantitative estimate of drug-likeness (QED) is 0.733. The minimum Gasteiger partial charge on any atom is -0.441 e. The summed E-state index contributed by atoms with van der Waals surface area (Å²) >= 11 is 0. The Balaban J connectivity index is 1.95. The molecule has 0 fully saturated rings. The first kappa shape index (κ1) is 17.8. The van der Waals surface area contributed by atoms with E-state index in [-0.39, 0.29) is 17.4 Å². The van der Waals surface area contributed by atoms with Crippen LogP contribution in [0.2, 0.25) is 0 Å². The van der Waals surface area contributed by atoms with Crippen LogP contribution in [-0.4, -0.2) is 30.0 Å². The van der Waals surface area contributed by atoms with Gasteiger partial charge in [0.05, 0.1) is 0 Å². The number of anilines is 1. The molecule has 0 aliphatic heterocycles. The zero-order chi connectivity index (χ0) is 17.7. The Morgan fingerprint density at radius 2 is 1.88 bits per heavy atom. The van der Waals surface area contributed by atoms with Crippen molar-refractivity contribution >= 4 is 28.7 Å². The van der Waals surface area contributed by atoms with E-state index in [4.69, 9.17) is 4.42 Å². The largest absolute Gasteiger partial charge is 0.441 e. The molecular formula is C17H24N4O3. The van der Waals surface area contributed by atoms with Crippen LogP contribution in [0, 0.1) is 5.41 Å². The molecule has 0 bridgehead atoms. The van der Waals surface area contributed by atoms with E-state index in [2.05, 4.69) is 41.7 Å². The predicted molar refractivity (Wildman–Crippen MR) is 92.9 cm³/mol. The summed E-state index contributed by atoms with van der Waals surface area (Å²) < 4.78 is 5.73. The van der Waals surface area contributed by atoms with Gasteiger partial charge in [0.15, 0.2) is 11.5 Å². The highest BCUT2D eigenvalue weighted by Crippen LogP contribution is 2.25. The molecule has 0 aliphatic rings. The molecule has 0 saturated heterocycles. The van der Waals surface area contributed by atoms with Gasteiger partial charge < -0.3 is 20.4 Å². The standard InChI is InChI=1S/C17H24N4O3/c1-11(22)18-7-8-19-16(23)20-12-5-6-14-13(9-12)21-15(24-14)10-17(2,3)4/h5-6,9H,7-8,10H2,1-4H3,(H,18,22)(H2,19,20,23). The maximum absolute atomic E-state index is 11.8. The molecule has 7 heteroatoms. The lowest BCUT2D eigenvalue weighted by Crippen LogP contribution is -2.36. The zero-order valence-corrected chi connectivity index (χ0v) is 14.5. The molecule has 24 heavy (non-hydrogen) atoms. The van der Waals surface area contributed by atoms with Crippen LogP contribution < -0.4 is 16.0 Å². The van der Waals surface area contributed by atoms with Crippen molar-refractivity contribution in [2.75, 3.05) is 18.4 Å². The Morgan fingerprint density at radius 1 is 1.17 bits per heavy atom. The van der Waals surface area contributed by atoms with Crippen molar-refractivity contribution in [1.29, 1.82) is 0 Å². The van der Waals surface area contributed by atoms with Crippen molar-refractivity contribution in [3.63, 3.8) is 0 Å². The van der Waals surface area contributed by atoms with E-state index in [1.54, 1.807) is 18.2 Å². The van der Waals surface area contributed by atoms with Crippen LogP contribution in [0.1, 0.15) is 33.6 Å². The molecule has 2 rings (SSSR count). The van der Waals surface area contributed by atoms with Crippen LogP contribution in [0.15, 0.2) is 22.6 Å². The molecule has 0 atom stereocenters. The number of aromatic nitrogens is 1. The molecule has 0 aliphatic carbocycles. The summed E-state index contributed by atoms with van der Waals surface area (Å²) in [6, 6.07) is 5.00. The van der Waals surface area contributed by atoms with Gasteiger partial charge in [-0.05, 0) is 23.6 Å². The summed E-state index contributed by atoms with van der Waals surface area (Å²) in [4.78, 5) is 27.0. The van der Waals surface area contributed by atoms with E-state index in [0.717, 1.165) is 6.42 Å². The normalized spacial score (nSPS) is 11.3. The maximum Gasteiger partial charge on any atom is 0.319 e. The summed E-state index contributed by atoms with van der Waals surface area (Å²) in [7, 11) is 0. The van der Waals surface area contributed by atoms with Gasteiger partial charge in [0, 0.05) is 32.1 Å². The van der Waals surface area contributed by atoms with Crippen molar-refractivity contribution in [1.82, 2.24) is 15.6 Å². The Labute approximate surface area is 141 Å². The van der Waals surface area contributed by atoms with E-state index in [9.17, 15) is 9.59 Å². The number of oxazole rings is 1. The molecule has 0 spiro atoms. The van der Waals surface area contributed by atoms with Gasteiger partial charge in [0.25, 0.3) is 0 Å². The fraction of sp³-hybridized carbons (Fsp3) is 0.471. The summed E-state index contributed by atoms with van der Waals surface area (Å²) in [6.07, 6.45) is 0.744. The van der Waals surface area contributed by atoms with Crippen LogP contribution in [0.25, 0.3) is 11.1 Å². The Morgan fingerprint density at radius 3 is 2.54 bits per heavy atom. The lowest BCUT2D eigenvalue weighted by Gasteiger charge is -2.14. The maximum atomic E-state index is 11.8. The number of fused-ring (bicyclic) bond motifs is 1. The highest BCUT2D eigenvalue weighted by atomic mass is 16.3. The van der Waals surface area contributed by atoms with Crippen molar-refractivity contribution in [3.05, 3.63) is 24.1 Å². The summed E-state index contributed by atoms with van der Waals surface area (Å²) in [5.74, 6) is 0.564. The first-order valence-electron chi connectivity index (χ1n) is 7.92. The summed E-state index contributed by atoms with van der Waals surface area (Å²) in [5, 5.41) is 8.00.